The molecule has 0 atom stereocenters. The Morgan fingerprint density at radius 2 is 0.617 bits per heavy atom. The van der Waals surface area contributed by atoms with E-state index in [0.29, 0.717) is 5.02 Å². The van der Waals surface area contributed by atoms with Gasteiger partial charge in [0.05, 0.1) is 11.4 Å². The van der Waals surface area contributed by atoms with Gasteiger partial charge in [0, 0.05) is 56.0 Å². The van der Waals surface area contributed by atoms with Crippen LogP contribution in [0.5, 0.6) is 0 Å². The van der Waals surface area contributed by atoms with E-state index in [1.807, 2.05) is 12.1 Å². The Balaban J connectivity index is 1.31. The van der Waals surface area contributed by atoms with Gasteiger partial charge in [-0.15, -0.1) is 0 Å². The number of benzene rings is 9. The van der Waals surface area contributed by atoms with E-state index >= 15 is 0 Å². The summed E-state index contributed by atoms with van der Waals surface area (Å²) in [6.45, 7) is 4.30. The van der Waals surface area contributed by atoms with Gasteiger partial charge in [0.15, 0.2) is 0 Å². The van der Waals surface area contributed by atoms with Crippen molar-refractivity contribution >= 4 is 62.8 Å². The molecule has 4 heteroatoms. The lowest BCUT2D eigenvalue weighted by Crippen LogP contribution is -2.16. The number of aryl methyl sites for hydroxylation is 2. The van der Waals surface area contributed by atoms with Crippen LogP contribution in [0.1, 0.15) is 11.1 Å². The van der Waals surface area contributed by atoms with Gasteiger partial charge in [-0.3, -0.25) is 0 Å². The van der Waals surface area contributed by atoms with Crippen molar-refractivity contribution in [3.8, 4) is 22.3 Å². The zero-order valence-corrected chi connectivity index (χ0v) is 34.4. The van der Waals surface area contributed by atoms with E-state index in [1.165, 1.54) is 11.1 Å². The highest BCUT2D eigenvalue weighted by Gasteiger charge is 2.24. The largest absolute Gasteiger partial charge is 0.310 e. The highest BCUT2D eigenvalue weighted by molar-refractivity contribution is 6.30. The molecule has 0 amide bonds. The third-order valence-corrected chi connectivity index (χ3v) is 11.0. The molecule has 0 aromatic heterocycles. The molecule has 9 rings (SSSR count). The van der Waals surface area contributed by atoms with Crippen LogP contribution in [0.2, 0.25) is 5.02 Å². The molecule has 0 N–H and O–H groups in total. The Bertz CT molecular complexity index is 2670. The predicted molar refractivity (Wildman–Crippen MR) is 256 cm³/mol. The summed E-state index contributed by atoms with van der Waals surface area (Å²) in [4.78, 5) is 7.08. The smallest absolute Gasteiger partial charge is 0.0560 e. The third kappa shape index (κ3) is 8.04. The van der Waals surface area contributed by atoms with Gasteiger partial charge in [-0.05, 0) is 133 Å². The second-order valence-corrected chi connectivity index (χ2v) is 15.4. The number of anilines is 9. The molecule has 9 aromatic rings. The Morgan fingerprint density at radius 1 is 0.283 bits per heavy atom. The second kappa shape index (κ2) is 17.3. The van der Waals surface area contributed by atoms with Gasteiger partial charge in [0.25, 0.3) is 0 Å². The lowest BCUT2D eigenvalue weighted by molar-refractivity contribution is 1.23. The van der Waals surface area contributed by atoms with Crippen LogP contribution in [-0.4, -0.2) is 0 Å². The third-order valence-electron chi connectivity index (χ3n) is 10.8. The molecular formula is C56H44ClN3. The fraction of sp³-hybridized carbons (Fsp3) is 0.0357. The van der Waals surface area contributed by atoms with Crippen molar-refractivity contribution in [1.29, 1.82) is 0 Å². The minimum atomic E-state index is 0.684. The average molecular weight is 794 g/mol. The monoisotopic (exact) mass is 793 g/mol. The molecule has 0 unspecified atom stereocenters. The first-order valence-electron chi connectivity index (χ1n) is 20.3. The van der Waals surface area contributed by atoms with E-state index in [2.05, 4.69) is 247 Å². The summed E-state index contributed by atoms with van der Waals surface area (Å²) in [5.41, 5.74) is 16.3. The lowest BCUT2D eigenvalue weighted by Gasteiger charge is -2.33. The summed E-state index contributed by atoms with van der Waals surface area (Å²) >= 11 is 6.58. The molecule has 3 nitrogen and oxygen atoms in total. The van der Waals surface area contributed by atoms with E-state index in [1.54, 1.807) is 0 Å². The molecule has 0 fully saturated rings. The summed E-state index contributed by atoms with van der Waals surface area (Å²) in [7, 11) is 0. The van der Waals surface area contributed by atoms with Gasteiger partial charge < -0.3 is 14.7 Å². The van der Waals surface area contributed by atoms with Crippen molar-refractivity contribution in [1.82, 2.24) is 0 Å². The number of hydrogen-bond donors (Lipinski definition) is 0. The van der Waals surface area contributed by atoms with Crippen LogP contribution in [0.3, 0.4) is 0 Å². The van der Waals surface area contributed by atoms with E-state index in [4.69, 9.17) is 11.6 Å². The molecule has 290 valence electrons. The average Bonchev–Trinajstić information content (AvgIpc) is 3.29. The first kappa shape index (κ1) is 38.2. The molecular weight excluding hydrogens is 750 g/mol. The van der Waals surface area contributed by atoms with Gasteiger partial charge >= 0.3 is 0 Å². The minimum absolute atomic E-state index is 0.684. The highest BCUT2D eigenvalue weighted by Crippen LogP contribution is 2.48. The normalized spacial score (nSPS) is 10.9. The fourth-order valence-corrected chi connectivity index (χ4v) is 8.12. The molecule has 0 aliphatic heterocycles. The summed E-state index contributed by atoms with van der Waals surface area (Å²) in [6, 6.07) is 81.8. The van der Waals surface area contributed by atoms with Crippen molar-refractivity contribution in [3.05, 3.63) is 247 Å². The molecule has 0 heterocycles. The Kier molecular flexibility index (Phi) is 11.0. The van der Waals surface area contributed by atoms with Gasteiger partial charge in [0.2, 0.25) is 0 Å². The van der Waals surface area contributed by atoms with Gasteiger partial charge in [0.1, 0.15) is 0 Å². The maximum atomic E-state index is 6.58. The Labute approximate surface area is 358 Å². The predicted octanol–water partition coefficient (Wildman–Crippen LogP) is 16.7. The highest BCUT2D eigenvalue weighted by atomic mass is 35.5. The van der Waals surface area contributed by atoms with Gasteiger partial charge in [-0.2, -0.15) is 0 Å². The van der Waals surface area contributed by atoms with Crippen LogP contribution in [0.25, 0.3) is 22.3 Å². The minimum Gasteiger partial charge on any atom is -0.310 e. The first-order chi connectivity index (χ1) is 29.5. The SMILES string of the molecule is Cc1cccc(N(c2ccccc2)c2cc(N(c3ccc(Cl)cc3)c3ccc(-c4ccccc4)c(N(c4ccccc4)c4cccc(C)c4)c3)ccc2-c2ccccc2)c1. The maximum Gasteiger partial charge on any atom is 0.0560 e. The molecule has 9 aromatic carbocycles. The zero-order valence-electron chi connectivity index (χ0n) is 33.7. The molecule has 0 spiro atoms. The van der Waals surface area contributed by atoms with Crippen LogP contribution in [0.4, 0.5) is 51.2 Å². The lowest BCUT2D eigenvalue weighted by atomic mass is 9.99. The van der Waals surface area contributed by atoms with Crippen molar-refractivity contribution in [3.63, 3.8) is 0 Å². The van der Waals surface area contributed by atoms with E-state index in [0.717, 1.165) is 73.4 Å². The van der Waals surface area contributed by atoms with E-state index in [-0.39, 0.29) is 0 Å². The fourth-order valence-electron chi connectivity index (χ4n) is 7.99. The van der Waals surface area contributed by atoms with Crippen LogP contribution in [0, 0.1) is 13.8 Å². The van der Waals surface area contributed by atoms with Gasteiger partial charge in [-0.1, -0.05) is 145 Å². The van der Waals surface area contributed by atoms with E-state index < -0.39 is 0 Å². The summed E-state index contributed by atoms with van der Waals surface area (Å²) in [5.74, 6) is 0. The molecule has 0 saturated heterocycles. The zero-order chi connectivity index (χ0) is 40.8. The Morgan fingerprint density at radius 3 is 1.02 bits per heavy atom. The summed E-state index contributed by atoms with van der Waals surface area (Å²) in [6.07, 6.45) is 0. The van der Waals surface area contributed by atoms with Crippen molar-refractivity contribution < 1.29 is 0 Å². The van der Waals surface area contributed by atoms with E-state index in [9.17, 15) is 0 Å². The van der Waals surface area contributed by atoms with Crippen molar-refractivity contribution in [2.45, 2.75) is 13.8 Å². The molecule has 0 aliphatic carbocycles. The maximum absolute atomic E-state index is 6.58. The molecule has 0 radical (unpaired) electrons. The summed E-state index contributed by atoms with van der Waals surface area (Å²) in [5, 5.41) is 0.684. The Hall–Kier alpha value is -7.33. The quantitative estimate of drug-likeness (QED) is 0.129. The number of rotatable bonds is 11. The van der Waals surface area contributed by atoms with Gasteiger partial charge in [-0.25, -0.2) is 0 Å². The number of nitrogens with zero attached hydrogens (tertiary/aromatic N) is 3. The van der Waals surface area contributed by atoms with Crippen molar-refractivity contribution in [2.24, 2.45) is 0 Å². The molecule has 0 aliphatic rings. The second-order valence-electron chi connectivity index (χ2n) is 15.0. The van der Waals surface area contributed by atoms with Crippen molar-refractivity contribution in [2.75, 3.05) is 14.7 Å². The molecule has 0 saturated carbocycles. The topological polar surface area (TPSA) is 9.72 Å². The number of halogens is 1. The van der Waals surface area contributed by atoms with Crippen LogP contribution >= 0.6 is 11.6 Å². The molecule has 0 bridgehead atoms. The van der Waals surface area contributed by atoms with Crippen LogP contribution in [0.15, 0.2) is 231 Å². The first-order valence-corrected chi connectivity index (χ1v) is 20.7. The molecule has 60 heavy (non-hydrogen) atoms. The number of para-hydroxylation sites is 2. The van der Waals surface area contributed by atoms with Crippen LogP contribution in [-0.2, 0) is 0 Å². The number of hydrogen-bond acceptors (Lipinski definition) is 3. The summed E-state index contributed by atoms with van der Waals surface area (Å²) < 4.78 is 0. The van der Waals surface area contributed by atoms with Crippen LogP contribution < -0.4 is 14.7 Å². The standard InChI is InChI=1S/C56H44ClN3/c1-41-17-15-27-49(37-41)59(46-23-11-5-12-24-46)55-39-51(33-35-53(55)43-19-7-3-8-20-43)58(48-31-29-45(57)30-32-48)52-34-36-54(44-21-9-4-10-22-44)56(40-52)60(47-25-13-6-14-26-47)50-28-16-18-42(2)38-50/h3-40H,1-2H3.